The monoisotopic (exact) mass is 205 g/mol. The minimum atomic E-state index is 0.351. The molecule has 0 spiro atoms. The first-order valence-corrected chi connectivity index (χ1v) is 4.96. The average Bonchev–Trinajstić information content (AvgIpc) is 2.75. The Bertz CT molecular complexity index is 454. The molecule has 0 aliphatic carbocycles. The molecule has 2 aromatic heterocycles. The Morgan fingerprint density at radius 1 is 1.47 bits per heavy atom. The van der Waals surface area contributed by atoms with E-state index in [1.165, 1.54) is 0 Å². The molecule has 0 aromatic carbocycles. The molecule has 2 rings (SSSR count). The molecule has 4 heteroatoms. The lowest BCUT2D eigenvalue weighted by molar-refractivity contribution is 0.568. The zero-order valence-corrected chi connectivity index (χ0v) is 9.19. The fourth-order valence-corrected chi connectivity index (χ4v) is 1.74. The smallest absolute Gasteiger partial charge is 0.125 e. The molecule has 2 heterocycles. The van der Waals surface area contributed by atoms with Crippen LogP contribution in [0.4, 0.5) is 5.82 Å². The molecule has 0 fully saturated rings. The summed E-state index contributed by atoms with van der Waals surface area (Å²) in [5.41, 5.74) is 8.96. The van der Waals surface area contributed by atoms with Crippen LogP contribution < -0.4 is 5.73 Å². The van der Waals surface area contributed by atoms with Gasteiger partial charge in [0.05, 0.1) is 12.5 Å². The molecule has 0 atom stereocenters. The highest BCUT2D eigenvalue weighted by Gasteiger charge is 2.18. The summed E-state index contributed by atoms with van der Waals surface area (Å²) in [7, 11) is 1.85. The van der Waals surface area contributed by atoms with Crippen molar-refractivity contribution in [1.29, 1.82) is 0 Å². The van der Waals surface area contributed by atoms with Gasteiger partial charge in [-0.3, -0.25) is 4.68 Å². The molecular weight excluding hydrogens is 190 g/mol. The minimum absolute atomic E-state index is 0.351. The summed E-state index contributed by atoms with van der Waals surface area (Å²) in [4.78, 5) is 0. The number of anilines is 1. The van der Waals surface area contributed by atoms with Crippen LogP contribution in [0.5, 0.6) is 0 Å². The third-order valence-electron chi connectivity index (χ3n) is 2.50. The molecule has 0 saturated heterocycles. The molecule has 2 N–H and O–H groups in total. The van der Waals surface area contributed by atoms with E-state index in [0.29, 0.717) is 5.92 Å². The third kappa shape index (κ3) is 1.52. The van der Waals surface area contributed by atoms with E-state index in [1.54, 1.807) is 17.2 Å². The van der Waals surface area contributed by atoms with Crippen molar-refractivity contribution < 1.29 is 4.42 Å². The maximum atomic E-state index is 5.98. The average molecular weight is 205 g/mol. The van der Waals surface area contributed by atoms with Crippen LogP contribution in [0.1, 0.15) is 25.3 Å². The quantitative estimate of drug-likeness (QED) is 0.818. The second-order valence-corrected chi connectivity index (χ2v) is 3.94. The van der Waals surface area contributed by atoms with Gasteiger partial charge in [-0.1, -0.05) is 13.8 Å². The van der Waals surface area contributed by atoms with Crippen LogP contribution in [0.15, 0.2) is 23.0 Å². The van der Waals surface area contributed by atoms with Crippen LogP contribution in [0.2, 0.25) is 0 Å². The van der Waals surface area contributed by atoms with E-state index in [-0.39, 0.29) is 0 Å². The number of furan rings is 1. The summed E-state index contributed by atoms with van der Waals surface area (Å²) in [6.45, 7) is 4.22. The maximum absolute atomic E-state index is 5.98. The Morgan fingerprint density at radius 3 is 2.73 bits per heavy atom. The minimum Gasteiger partial charge on any atom is -0.472 e. The number of aromatic nitrogens is 2. The van der Waals surface area contributed by atoms with Crippen LogP contribution in [0.3, 0.4) is 0 Å². The van der Waals surface area contributed by atoms with Crippen LogP contribution >= 0.6 is 0 Å². The summed E-state index contributed by atoms with van der Waals surface area (Å²) in [6.07, 6.45) is 3.33. The summed E-state index contributed by atoms with van der Waals surface area (Å²) >= 11 is 0. The van der Waals surface area contributed by atoms with Crippen molar-refractivity contribution >= 4 is 5.82 Å². The SMILES string of the molecule is CC(C)c1c(-c2ccoc2)nn(C)c1N. The third-order valence-corrected chi connectivity index (χ3v) is 2.50. The number of rotatable bonds is 2. The Balaban J connectivity index is 2.61. The lowest BCUT2D eigenvalue weighted by Crippen LogP contribution is -2.00. The van der Waals surface area contributed by atoms with Gasteiger partial charge in [0.1, 0.15) is 11.5 Å². The number of aryl methyl sites for hydroxylation is 1. The number of hydrogen-bond acceptors (Lipinski definition) is 3. The van der Waals surface area contributed by atoms with Gasteiger partial charge in [-0.05, 0) is 12.0 Å². The molecule has 0 aliphatic rings. The maximum Gasteiger partial charge on any atom is 0.125 e. The molecule has 0 bridgehead atoms. The van der Waals surface area contributed by atoms with Crippen LogP contribution in [-0.4, -0.2) is 9.78 Å². The van der Waals surface area contributed by atoms with E-state index in [4.69, 9.17) is 10.2 Å². The van der Waals surface area contributed by atoms with Gasteiger partial charge in [0.25, 0.3) is 0 Å². The van der Waals surface area contributed by atoms with E-state index in [9.17, 15) is 0 Å². The first-order valence-electron chi connectivity index (χ1n) is 4.96. The van der Waals surface area contributed by atoms with E-state index in [1.807, 2.05) is 13.1 Å². The normalized spacial score (nSPS) is 11.2. The van der Waals surface area contributed by atoms with E-state index < -0.39 is 0 Å². The summed E-state index contributed by atoms with van der Waals surface area (Å²) < 4.78 is 6.77. The predicted octanol–water partition coefficient (Wildman–Crippen LogP) is 2.39. The number of nitrogens with two attached hydrogens (primary N) is 1. The van der Waals surface area contributed by atoms with E-state index >= 15 is 0 Å². The molecule has 0 aliphatic heterocycles. The largest absolute Gasteiger partial charge is 0.472 e. The fourth-order valence-electron chi connectivity index (χ4n) is 1.74. The van der Waals surface area contributed by atoms with Gasteiger partial charge in [0.15, 0.2) is 0 Å². The Morgan fingerprint density at radius 2 is 2.20 bits per heavy atom. The van der Waals surface area contributed by atoms with Gasteiger partial charge in [-0.15, -0.1) is 0 Å². The fraction of sp³-hybridized carbons (Fsp3) is 0.364. The zero-order chi connectivity index (χ0) is 11.0. The van der Waals surface area contributed by atoms with Crippen molar-refractivity contribution in [3.63, 3.8) is 0 Å². The molecule has 4 nitrogen and oxygen atoms in total. The molecular formula is C11H15N3O. The van der Waals surface area contributed by atoms with E-state index in [0.717, 1.165) is 22.6 Å². The number of nitrogen functional groups attached to an aromatic ring is 1. The Kier molecular flexibility index (Phi) is 2.26. The Labute approximate surface area is 88.7 Å². The topological polar surface area (TPSA) is 57.0 Å². The summed E-state index contributed by atoms with van der Waals surface area (Å²) in [5, 5.41) is 4.41. The van der Waals surface area contributed by atoms with Crippen molar-refractivity contribution in [3.8, 4) is 11.3 Å². The van der Waals surface area contributed by atoms with Crippen molar-refractivity contribution in [2.75, 3.05) is 5.73 Å². The molecule has 2 aromatic rings. The lowest BCUT2D eigenvalue weighted by atomic mass is 10.0. The van der Waals surface area contributed by atoms with Crippen LogP contribution in [-0.2, 0) is 7.05 Å². The van der Waals surface area contributed by atoms with Gasteiger partial charge in [0.2, 0.25) is 0 Å². The predicted molar refractivity (Wildman–Crippen MR) is 59.4 cm³/mol. The Hall–Kier alpha value is -1.71. The molecule has 0 radical (unpaired) electrons. The lowest BCUT2D eigenvalue weighted by Gasteiger charge is -2.05. The molecule has 15 heavy (non-hydrogen) atoms. The van der Waals surface area contributed by atoms with Gasteiger partial charge in [0, 0.05) is 18.2 Å². The highest BCUT2D eigenvalue weighted by Crippen LogP contribution is 2.32. The van der Waals surface area contributed by atoms with Crippen molar-refractivity contribution in [2.45, 2.75) is 19.8 Å². The van der Waals surface area contributed by atoms with Gasteiger partial charge < -0.3 is 10.2 Å². The summed E-state index contributed by atoms with van der Waals surface area (Å²) in [5.74, 6) is 1.07. The standard InChI is InChI=1S/C11H15N3O/c1-7(2)9-10(8-4-5-15-6-8)13-14(3)11(9)12/h4-7H,12H2,1-3H3. The zero-order valence-electron chi connectivity index (χ0n) is 9.19. The molecule has 80 valence electrons. The first kappa shape index (κ1) is 9.83. The van der Waals surface area contributed by atoms with Gasteiger partial charge in [-0.25, -0.2) is 0 Å². The van der Waals surface area contributed by atoms with Crippen LogP contribution in [0, 0.1) is 0 Å². The van der Waals surface area contributed by atoms with Gasteiger partial charge in [-0.2, -0.15) is 5.10 Å². The number of hydrogen-bond donors (Lipinski definition) is 1. The molecule has 0 saturated carbocycles. The summed E-state index contributed by atoms with van der Waals surface area (Å²) in [6, 6.07) is 1.90. The number of nitrogens with zero attached hydrogens (tertiary/aromatic N) is 2. The van der Waals surface area contributed by atoms with Crippen molar-refractivity contribution in [1.82, 2.24) is 9.78 Å². The molecule has 0 unspecified atom stereocenters. The van der Waals surface area contributed by atoms with E-state index in [2.05, 4.69) is 18.9 Å². The van der Waals surface area contributed by atoms with Crippen molar-refractivity contribution in [3.05, 3.63) is 24.2 Å². The molecule has 0 amide bonds. The van der Waals surface area contributed by atoms with Gasteiger partial charge >= 0.3 is 0 Å². The first-order chi connectivity index (χ1) is 7.11. The highest BCUT2D eigenvalue weighted by atomic mass is 16.3. The van der Waals surface area contributed by atoms with Crippen molar-refractivity contribution in [2.24, 2.45) is 7.05 Å². The van der Waals surface area contributed by atoms with Crippen LogP contribution in [0.25, 0.3) is 11.3 Å². The highest BCUT2D eigenvalue weighted by molar-refractivity contribution is 5.68. The second kappa shape index (κ2) is 3.46. The second-order valence-electron chi connectivity index (χ2n) is 3.94.